The number of aromatic nitrogens is 1. The van der Waals surface area contributed by atoms with Crippen LogP contribution in [0, 0.1) is 5.41 Å². The van der Waals surface area contributed by atoms with Crippen LogP contribution in [0.5, 0.6) is 5.75 Å². The number of anilines is 2. The molecule has 1 aliphatic rings. The van der Waals surface area contributed by atoms with Crippen molar-refractivity contribution in [1.82, 2.24) is 9.88 Å². The van der Waals surface area contributed by atoms with E-state index in [1.165, 1.54) is 0 Å². The van der Waals surface area contributed by atoms with Crippen molar-refractivity contribution in [3.8, 4) is 5.75 Å². The summed E-state index contributed by atoms with van der Waals surface area (Å²) in [5.74, 6) is 1.28. The number of hydrogen-bond acceptors (Lipinski definition) is 6. The summed E-state index contributed by atoms with van der Waals surface area (Å²) in [4.78, 5) is 19.9. The Morgan fingerprint density at radius 1 is 1.03 bits per heavy atom. The maximum absolute atomic E-state index is 13.0. The molecule has 2 aromatic carbocycles. The zero-order valence-corrected chi connectivity index (χ0v) is 21.0. The average molecular weight is 477 g/mol. The summed E-state index contributed by atoms with van der Waals surface area (Å²) >= 11 is 0. The van der Waals surface area contributed by atoms with Crippen molar-refractivity contribution in [3.05, 3.63) is 60.3 Å². The molecule has 0 atom stereocenters. The summed E-state index contributed by atoms with van der Waals surface area (Å²) in [6.45, 7) is 12.3. The molecule has 0 spiro atoms. The lowest BCUT2D eigenvalue weighted by atomic mass is 9.92. The fraction of sp³-hybridized carbons (Fsp3) is 0.429. The Labute approximate surface area is 207 Å². The second-order valence-electron chi connectivity index (χ2n) is 10.1. The van der Waals surface area contributed by atoms with E-state index in [1.807, 2.05) is 48.5 Å². The van der Waals surface area contributed by atoms with Crippen LogP contribution < -0.4 is 15.4 Å². The van der Waals surface area contributed by atoms with Crippen LogP contribution in [0.25, 0.3) is 10.8 Å². The van der Waals surface area contributed by atoms with Crippen LogP contribution in [0.3, 0.4) is 0 Å². The molecule has 0 radical (unpaired) electrons. The van der Waals surface area contributed by atoms with Crippen LogP contribution >= 0.6 is 0 Å². The fourth-order valence-electron chi connectivity index (χ4n) is 4.03. The number of carbonyl (C=O) groups is 1. The summed E-state index contributed by atoms with van der Waals surface area (Å²) in [5.41, 5.74) is 1.35. The van der Waals surface area contributed by atoms with Crippen molar-refractivity contribution in [2.75, 3.05) is 56.6 Å². The lowest BCUT2D eigenvalue weighted by Crippen LogP contribution is -2.38. The van der Waals surface area contributed by atoms with E-state index in [4.69, 9.17) is 9.47 Å². The second-order valence-corrected chi connectivity index (χ2v) is 10.1. The van der Waals surface area contributed by atoms with E-state index in [-0.39, 0.29) is 11.3 Å². The summed E-state index contributed by atoms with van der Waals surface area (Å²) in [6.07, 6.45) is 1.01. The van der Waals surface area contributed by atoms with Crippen molar-refractivity contribution < 1.29 is 14.3 Å². The van der Waals surface area contributed by atoms with Gasteiger partial charge < -0.3 is 20.1 Å². The van der Waals surface area contributed by atoms with Crippen molar-refractivity contribution >= 4 is 28.2 Å². The lowest BCUT2D eigenvalue weighted by molar-refractivity contribution is 0.0323. The summed E-state index contributed by atoms with van der Waals surface area (Å²) in [7, 11) is 0. The van der Waals surface area contributed by atoms with E-state index in [1.54, 1.807) is 6.07 Å². The first-order valence-electron chi connectivity index (χ1n) is 12.4. The highest BCUT2D eigenvalue weighted by atomic mass is 16.5. The third kappa shape index (κ3) is 7.16. The zero-order chi connectivity index (χ0) is 24.7. The minimum Gasteiger partial charge on any atom is -0.492 e. The maximum atomic E-state index is 13.0. The fourth-order valence-corrected chi connectivity index (χ4v) is 4.03. The van der Waals surface area contributed by atoms with Crippen LogP contribution in [-0.4, -0.2) is 61.8 Å². The molecular formula is C28H36N4O3. The van der Waals surface area contributed by atoms with Crippen LogP contribution in [0.2, 0.25) is 0 Å². The third-order valence-corrected chi connectivity index (χ3v) is 6.06. The second kappa shape index (κ2) is 11.5. The summed E-state index contributed by atoms with van der Waals surface area (Å²) < 4.78 is 11.5. The van der Waals surface area contributed by atoms with Crippen LogP contribution in [-0.2, 0) is 4.74 Å². The highest BCUT2D eigenvalue weighted by molar-refractivity contribution is 6.09. The SMILES string of the molecule is CC(C)(C)CCNc1cccc(C(=O)Nc2ccc(OCCN3CCOCC3)c3ccccc23)n1. The van der Waals surface area contributed by atoms with Gasteiger partial charge in [0.1, 0.15) is 23.9 Å². The molecule has 1 aromatic heterocycles. The van der Waals surface area contributed by atoms with Crippen LogP contribution in [0.15, 0.2) is 54.6 Å². The van der Waals surface area contributed by atoms with Gasteiger partial charge in [-0.2, -0.15) is 0 Å². The average Bonchev–Trinajstić information content (AvgIpc) is 2.85. The van der Waals surface area contributed by atoms with Gasteiger partial charge in [0.15, 0.2) is 0 Å². The summed E-state index contributed by atoms with van der Waals surface area (Å²) in [6, 6.07) is 17.3. The number of benzene rings is 2. The van der Waals surface area contributed by atoms with Crippen molar-refractivity contribution in [1.29, 1.82) is 0 Å². The Morgan fingerprint density at radius 3 is 2.57 bits per heavy atom. The Hall–Kier alpha value is -3.16. The molecule has 1 aliphatic heterocycles. The molecule has 1 amide bonds. The largest absolute Gasteiger partial charge is 0.492 e. The highest BCUT2D eigenvalue weighted by Gasteiger charge is 2.14. The molecule has 1 fully saturated rings. The Kier molecular flexibility index (Phi) is 8.21. The molecule has 0 aliphatic carbocycles. The van der Waals surface area contributed by atoms with Crippen molar-refractivity contribution in [2.24, 2.45) is 5.41 Å². The number of morpholine rings is 1. The van der Waals surface area contributed by atoms with Gasteiger partial charge in [-0.05, 0) is 36.1 Å². The van der Waals surface area contributed by atoms with Gasteiger partial charge in [0.2, 0.25) is 0 Å². The predicted octanol–water partition coefficient (Wildman–Crippen LogP) is 5.05. The predicted molar refractivity (Wildman–Crippen MR) is 141 cm³/mol. The van der Waals surface area contributed by atoms with E-state index in [0.717, 1.165) is 68.0 Å². The van der Waals surface area contributed by atoms with E-state index in [2.05, 4.69) is 41.3 Å². The molecule has 4 rings (SSSR count). The number of fused-ring (bicyclic) bond motifs is 1. The summed E-state index contributed by atoms with van der Waals surface area (Å²) in [5, 5.41) is 8.26. The number of rotatable bonds is 9. The number of ether oxygens (including phenoxy) is 2. The van der Waals surface area contributed by atoms with E-state index in [0.29, 0.717) is 18.1 Å². The molecule has 0 unspecified atom stereocenters. The quantitative estimate of drug-likeness (QED) is 0.450. The van der Waals surface area contributed by atoms with Gasteiger partial charge in [0, 0.05) is 42.6 Å². The maximum Gasteiger partial charge on any atom is 0.274 e. The normalized spacial score (nSPS) is 14.6. The number of carbonyl (C=O) groups excluding carboxylic acids is 1. The molecule has 35 heavy (non-hydrogen) atoms. The first kappa shape index (κ1) is 24.9. The Morgan fingerprint density at radius 2 is 1.80 bits per heavy atom. The first-order chi connectivity index (χ1) is 16.9. The Bertz CT molecular complexity index is 1140. The molecule has 1 saturated heterocycles. The number of pyridine rings is 1. The molecule has 7 heteroatoms. The van der Waals surface area contributed by atoms with Crippen LogP contribution in [0.4, 0.5) is 11.5 Å². The molecule has 7 nitrogen and oxygen atoms in total. The smallest absolute Gasteiger partial charge is 0.274 e. The molecule has 2 heterocycles. The number of nitrogens with zero attached hydrogens (tertiary/aromatic N) is 2. The minimum absolute atomic E-state index is 0.238. The third-order valence-electron chi connectivity index (χ3n) is 6.06. The molecule has 0 bridgehead atoms. The molecule has 0 saturated carbocycles. The molecular weight excluding hydrogens is 440 g/mol. The Balaban J connectivity index is 1.42. The molecule has 186 valence electrons. The standard InChI is InChI=1S/C28H36N4O3/c1-28(2,3)13-14-29-26-10-6-9-24(30-26)27(33)31-23-11-12-25(22-8-5-4-7-21(22)23)35-20-17-32-15-18-34-19-16-32/h4-12H,13-20H2,1-3H3,(H,29,30)(H,31,33). The van der Waals surface area contributed by atoms with Gasteiger partial charge in [-0.3, -0.25) is 9.69 Å². The van der Waals surface area contributed by atoms with Gasteiger partial charge in [-0.15, -0.1) is 0 Å². The number of amides is 1. The first-order valence-corrected chi connectivity index (χ1v) is 12.4. The van der Waals surface area contributed by atoms with E-state index >= 15 is 0 Å². The van der Waals surface area contributed by atoms with Gasteiger partial charge in [-0.1, -0.05) is 51.1 Å². The number of hydrogen-bond donors (Lipinski definition) is 2. The van der Waals surface area contributed by atoms with Crippen molar-refractivity contribution in [3.63, 3.8) is 0 Å². The zero-order valence-electron chi connectivity index (χ0n) is 21.0. The van der Waals surface area contributed by atoms with Crippen LogP contribution in [0.1, 0.15) is 37.7 Å². The molecule has 3 aromatic rings. The van der Waals surface area contributed by atoms with Gasteiger partial charge in [0.05, 0.1) is 13.2 Å². The monoisotopic (exact) mass is 476 g/mol. The number of nitrogens with one attached hydrogen (secondary N) is 2. The topological polar surface area (TPSA) is 75.7 Å². The van der Waals surface area contributed by atoms with Gasteiger partial charge in [-0.25, -0.2) is 4.98 Å². The molecule has 2 N–H and O–H groups in total. The highest BCUT2D eigenvalue weighted by Crippen LogP contribution is 2.32. The van der Waals surface area contributed by atoms with E-state index < -0.39 is 0 Å². The van der Waals surface area contributed by atoms with Gasteiger partial charge in [0.25, 0.3) is 5.91 Å². The van der Waals surface area contributed by atoms with E-state index in [9.17, 15) is 4.79 Å². The lowest BCUT2D eigenvalue weighted by Gasteiger charge is -2.26. The van der Waals surface area contributed by atoms with Crippen molar-refractivity contribution in [2.45, 2.75) is 27.2 Å². The van der Waals surface area contributed by atoms with Gasteiger partial charge >= 0.3 is 0 Å². The minimum atomic E-state index is -0.240.